The highest BCUT2D eigenvalue weighted by Gasteiger charge is 2.37. The summed E-state index contributed by atoms with van der Waals surface area (Å²) in [6, 6.07) is 7.52. The van der Waals surface area contributed by atoms with E-state index in [1.807, 2.05) is 30.5 Å². The van der Waals surface area contributed by atoms with Gasteiger partial charge in [-0.25, -0.2) is 0 Å². The Hall–Kier alpha value is -1.00. The van der Waals surface area contributed by atoms with Gasteiger partial charge in [-0.1, -0.05) is 12.1 Å². The van der Waals surface area contributed by atoms with Crippen LogP contribution < -0.4 is 0 Å². The van der Waals surface area contributed by atoms with Gasteiger partial charge >= 0.3 is 5.97 Å². The number of benzene rings is 1. The van der Waals surface area contributed by atoms with Crippen LogP contribution in [0.15, 0.2) is 29.2 Å². The molecule has 17 heavy (non-hydrogen) atoms. The summed E-state index contributed by atoms with van der Waals surface area (Å²) in [5.74, 6) is -0.418. The van der Waals surface area contributed by atoms with E-state index in [0.717, 1.165) is 10.5 Å². The minimum atomic E-state index is -0.949. The van der Waals surface area contributed by atoms with E-state index in [2.05, 4.69) is 0 Å². The Kier molecular flexibility index (Phi) is 4.60. The minimum Gasteiger partial charge on any atom is -0.469 e. The van der Waals surface area contributed by atoms with Gasteiger partial charge in [0.1, 0.15) is 0 Å². The van der Waals surface area contributed by atoms with Gasteiger partial charge in [0.2, 0.25) is 0 Å². The third-order valence-corrected chi connectivity index (χ3v) is 3.57. The monoisotopic (exact) mass is 254 g/mol. The van der Waals surface area contributed by atoms with Gasteiger partial charge in [-0.05, 0) is 37.8 Å². The lowest BCUT2D eigenvalue weighted by atomic mass is 9.83. The second-order valence-electron chi connectivity index (χ2n) is 4.39. The number of aliphatic hydroxyl groups excluding tert-OH is 1. The second kappa shape index (κ2) is 5.56. The molecule has 3 nitrogen and oxygen atoms in total. The lowest BCUT2D eigenvalue weighted by molar-refractivity contribution is -0.157. The summed E-state index contributed by atoms with van der Waals surface area (Å²) in [6.45, 7) is 3.35. The maximum absolute atomic E-state index is 11.6. The van der Waals surface area contributed by atoms with Crippen molar-refractivity contribution in [3.8, 4) is 0 Å². The highest BCUT2D eigenvalue weighted by Crippen LogP contribution is 2.34. The van der Waals surface area contributed by atoms with Crippen molar-refractivity contribution in [3.05, 3.63) is 29.8 Å². The summed E-state index contributed by atoms with van der Waals surface area (Å²) in [4.78, 5) is 12.7. The molecule has 4 heteroatoms. The summed E-state index contributed by atoms with van der Waals surface area (Å²) in [5.41, 5.74) is -0.228. The van der Waals surface area contributed by atoms with Crippen molar-refractivity contribution in [2.45, 2.75) is 24.8 Å². The third kappa shape index (κ3) is 3.01. The number of methoxy groups -OCH3 is 1. The summed E-state index contributed by atoms with van der Waals surface area (Å²) < 4.78 is 4.70. The number of carbonyl (C=O) groups excluding carboxylic acids is 1. The molecule has 1 unspecified atom stereocenters. The van der Waals surface area contributed by atoms with Gasteiger partial charge in [-0.3, -0.25) is 4.79 Å². The molecule has 0 spiro atoms. The predicted octanol–water partition coefficient (Wildman–Crippen LogP) is 2.64. The van der Waals surface area contributed by atoms with E-state index in [1.54, 1.807) is 25.6 Å². The topological polar surface area (TPSA) is 46.5 Å². The first-order valence-corrected chi connectivity index (χ1v) is 6.56. The molecule has 0 heterocycles. The Labute approximate surface area is 106 Å². The molecule has 1 aromatic rings. The van der Waals surface area contributed by atoms with Crippen molar-refractivity contribution < 1.29 is 14.6 Å². The number of thioether (sulfide) groups is 1. The largest absolute Gasteiger partial charge is 0.469 e. The first kappa shape index (κ1) is 14.1. The van der Waals surface area contributed by atoms with Crippen LogP contribution in [0, 0.1) is 5.41 Å². The zero-order chi connectivity index (χ0) is 13.1. The van der Waals surface area contributed by atoms with Crippen LogP contribution >= 0.6 is 11.8 Å². The fraction of sp³-hybridized carbons (Fsp3) is 0.462. The number of hydrogen-bond donors (Lipinski definition) is 1. The molecule has 0 saturated carbocycles. The number of hydrogen-bond acceptors (Lipinski definition) is 4. The molecule has 0 aromatic heterocycles. The van der Waals surface area contributed by atoms with Crippen molar-refractivity contribution >= 4 is 17.7 Å². The Balaban J connectivity index is 2.95. The highest BCUT2D eigenvalue weighted by atomic mass is 32.2. The van der Waals surface area contributed by atoms with E-state index >= 15 is 0 Å². The maximum atomic E-state index is 11.6. The average molecular weight is 254 g/mol. The fourth-order valence-electron chi connectivity index (χ4n) is 1.58. The fourth-order valence-corrected chi connectivity index (χ4v) is 1.99. The van der Waals surface area contributed by atoms with Gasteiger partial charge in [0.25, 0.3) is 0 Å². The van der Waals surface area contributed by atoms with E-state index in [4.69, 9.17) is 4.74 Å². The normalized spacial score (nSPS) is 13.2. The molecule has 0 fully saturated rings. The van der Waals surface area contributed by atoms with Crippen LogP contribution in [0.4, 0.5) is 0 Å². The SMILES string of the molecule is COC(=O)C(C)(C)C(O)c1ccc(SC)cc1. The summed E-state index contributed by atoms with van der Waals surface area (Å²) >= 11 is 1.63. The molecule has 0 radical (unpaired) electrons. The molecule has 0 saturated heterocycles. The van der Waals surface area contributed by atoms with Crippen molar-refractivity contribution in [1.29, 1.82) is 0 Å². The Bertz CT molecular complexity index is 384. The molecule has 1 rings (SSSR count). The Morgan fingerprint density at radius 3 is 2.29 bits per heavy atom. The molecule has 0 bridgehead atoms. The van der Waals surface area contributed by atoms with Crippen LogP contribution in [0.1, 0.15) is 25.5 Å². The second-order valence-corrected chi connectivity index (χ2v) is 5.27. The van der Waals surface area contributed by atoms with Gasteiger partial charge in [-0.2, -0.15) is 0 Å². The van der Waals surface area contributed by atoms with Crippen molar-refractivity contribution in [1.82, 2.24) is 0 Å². The van der Waals surface area contributed by atoms with Crippen LogP contribution in [0.25, 0.3) is 0 Å². The number of carbonyl (C=O) groups is 1. The standard InChI is InChI=1S/C13H18O3S/c1-13(2,12(15)16-3)11(14)9-5-7-10(17-4)8-6-9/h5-8,11,14H,1-4H3. The quantitative estimate of drug-likeness (QED) is 0.663. The molecule has 0 aliphatic rings. The molecule has 1 atom stereocenters. The van der Waals surface area contributed by atoms with Crippen molar-refractivity contribution in [2.75, 3.05) is 13.4 Å². The molecular weight excluding hydrogens is 236 g/mol. The summed E-state index contributed by atoms with van der Waals surface area (Å²) in [7, 11) is 1.33. The van der Waals surface area contributed by atoms with Gasteiger partial charge in [-0.15, -0.1) is 11.8 Å². The number of rotatable bonds is 4. The molecule has 1 aromatic carbocycles. The van der Waals surface area contributed by atoms with Crippen LogP contribution in [0.2, 0.25) is 0 Å². The number of aliphatic hydroxyl groups is 1. The predicted molar refractivity (Wildman–Crippen MR) is 69.0 cm³/mol. The number of ether oxygens (including phenoxy) is 1. The molecule has 0 aliphatic heterocycles. The minimum absolute atomic E-state index is 0.418. The lowest BCUT2D eigenvalue weighted by Crippen LogP contribution is -2.32. The summed E-state index contributed by atoms with van der Waals surface area (Å²) in [5, 5.41) is 10.2. The van der Waals surface area contributed by atoms with Crippen LogP contribution in [-0.4, -0.2) is 24.4 Å². The first-order chi connectivity index (χ1) is 7.93. The zero-order valence-corrected chi connectivity index (χ0v) is 11.4. The molecule has 1 N–H and O–H groups in total. The van der Waals surface area contributed by atoms with E-state index in [9.17, 15) is 9.90 Å². The zero-order valence-electron chi connectivity index (χ0n) is 10.6. The van der Waals surface area contributed by atoms with Crippen LogP contribution in [0.5, 0.6) is 0 Å². The van der Waals surface area contributed by atoms with Crippen molar-refractivity contribution in [2.24, 2.45) is 5.41 Å². The maximum Gasteiger partial charge on any atom is 0.314 e. The highest BCUT2D eigenvalue weighted by molar-refractivity contribution is 7.98. The molecule has 0 amide bonds. The van der Waals surface area contributed by atoms with E-state index in [0.29, 0.717) is 0 Å². The van der Waals surface area contributed by atoms with Gasteiger partial charge in [0.15, 0.2) is 0 Å². The lowest BCUT2D eigenvalue weighted by Gasteiger charge is -2.27. The third-order valence-electron chi connectivity index (χ3n) is 2.83. The van der Waals surface area contributed by atoms with E-state index < -0.39 is 17.5 Å². The average Bonchev–Trinajstić information content (AvgIpc) is 2.36. The van der Waals surface area contributed by atoms with Crippen LogP contribution in [-0.2, 0) is 9.53 Å². The van der Waals surface area contributed by atoms with E-state index in [1.165, 1.54) is 7.11 Å². The van der Waals surface area contributed by atoms with Gasteiger partial charge in [0.05, 0.1) is 18.6 Å². The first-order valence-electron chi connectivity index (χ1n) is 5.34. The Morgan fingerprint density at radius 1 is 1.35 bits per heavy atom. The molecular formula is C13H18O3S. The Morgan fingerprint density at radius 2 is 1.88 bits per heavy atom. The van der Waals surface area contributed by atoms with Gasteiger partial charge < -0.3 is 9.84 Å². The van der Waals surface area contributed by atoms with Crippen LogP contribution in [0.3, 0.4) is 0 Å². The van der Waals surface area contributed by atoms with E-state index in [-0.39, 0.29) is 0 Å². The molecule has 94 valence electrons. The van der Waals surface area contributed by atoms with Crippen molar-refractivity contribution in [3.63, 3.8) is 0 Å². The van der Waals surface area contributed by atoms with Gasteiger partial charge in [0, 0.05) is 4.90 Å². The number of esters is 1. The molecule has 0 aliphatic carbocycles. The smallest absolute Gasteiger partial charge is 0.314 e. The summed E-state index contributed by atoms with van der Waals surface area (Å²) in [6.07, 6.45) is 1.12.